The van der Waals surface area contributed by atoms with E-state index < -0.39 is 0 Å². The van der Waals surface area contributed by atoms with Gasteiger partial charge in [-0.2, -0.15) is 0 Å². The fourth-order valence-electron chi connectivity index (χ4n) is 1.68. The number of halogens is 1. The smallest absolute Gasteiger partial charge is 0.153 e. The van der Waals surface area contributed by atoms with Crippen LogP contribution < -0.4 is 5.73 Å². The van der Waals surface area contributed by atoms with Crippen LogP contribution in [0.15, 0.2) is 4.60 Å². The van der Waals surface area contributed by atoms with Gasteiger partial charge in [0.2, 0.25) is 0 Å². The van der Waals surface area contributed by atoms with E-state index >= 15 is 0 Å². The second-order valence-electron chi connectivity index (χ2n) is 3.86. The Labute approximate surface area is 98.1 Å². The molecule has 0 bridgehead atoms. The van der Waals surface area contributed by atoms with Crippen molar-refractivity contribution in [3.8, 4) is 0 Å². The van der Waals surface area contributed by atoms with E-state index in [0.29, 0.717) is 10.5 Å². The van der Waals surface area contributed by atoms with Crippen LogP contribution in [0.5, 0.6) is 0 Å². The molecule has 1 aromatic heterocycles. The van der Waals surface area contributed by atoms with Crippen molar-refractivity contribution in [3.63, 3.8) is 0 Å². The first kappa shape index (κ1) is 12.6. The maximum atomic E-state index is 6.14. The highest BCUT2D eigenvalue weighted by atomic mass is 79.9. The van der Waals surface area contributed by atoms with Gasteiger partial charge in [-0.3, -0.25) is 0 Å². The SMILES string of the molecule is COC(C(C)C)C(N)c1c(Br)nnn1C. The van der Waals surface area contributed by atoms with E-state index in [1.807, 2.05) is 7.05 Å². The maximum Gasteiger partial charge on any atom is 0.153 e. The Morgan fingerprint density at radius 2 is 2.07 bits per heavy atom. The van der Waals surface area contributed by atoms with Gasteiger partial charge in [-0.15, -0.1) is 5.10 Å². The van der Waals surface area contributed by atoms with Crippen LogP contribution in [0.3, 0.4) is 0 Å². The van der Waals surface area contributed by atoms with E-state index in [9.17, 15) is 0 Å². The van der Waals surface area contributed by atoms with Crippen LogP contribution in [0.2, 0.25) is 0 Å². The highest BCUT2D eigenvalue weighted by Crippen LogP contribution is 2.25. The molecule has 0 aliphatic heterocycles. The summed E-state index contributed by atoms with van der Waals surface area (Å²) in [5, 5.41) is 7.80. The van der Waals surface area contributed by atoms with Crippen molar-refractivity contribution in [2.45, 2.75) is 26.0 Å². The van der Waals surface area contributed by atoms with E-state index in [1.54, 1.807) is 11.8 Å². The van der Waals surface area contributed by atoms with Gasteiger partial charge < -0.3 is 10.5 Å². The zero-order valence-corrected chi connectivity index (χ0v) is 11.0. The number of aryl methyl sites for hydroxylation is 1. The number of aromatic nitrogens is 3. The van der Waals surface area contributed by atoms with E-state index in [-0.39, 0.29) is 12.1 Å². The molecule has 0 saturated carbocycles. The third kappa shape index (κ3) is 2.56. The van der Waals surface area contributed by atoms with Crippen LogP contribution in [0.1, 0.15) is 25.6 Å². The molecule has 1 rings (SSSR count). The monoisotopic (exact) mass is 276 g/mol. The zero-order valence-electron chi connectivity index (χ0n) is 9.44. The fraction of sp³-hybridized carbons (Fsp3) is 0.778. The van der Waals surface area contributed by atoms with Gasteiger partial charge in [-0.05, 0) is 21.8 Å². The van der Waals surface area contributed by atoms with Crippen LogP contribution in [0.25, 0.3) is 0 Å². The number of hydrogen-bond acceptors (Lipinski definition) is 4. The van der Waals surface area contributed by atoms with Gasteiger partial charge in [-0.25, -0.2) is 4.68 Å². The van der Waals surface area contributed by atoms with Gasteiger partial charge in [0.05, 0.1) is 17.8 Å². The molecule has 0 radical (unpaired) electrons. The third-order valence-corrected chi connectivity index (χ3v) is 2.99. The topological polar surface area (TPSA) is 66.0 Å². The van der Waals surface area contributed by atoms with Gasteiger partial charge in [0.25, 0.3) is 0 Å². The number of rotatable bonds is 4. The summed E-state index contributed by atoms with van der Waals surface area (Å²) in [6, 6.07) is -0.232. The van der Waals surface area contributed by atoms with Gasteiger partial charge in [0.15, 0.2) is 4.60 Å². The molecule has 6 heteroatoms. The Morgan fingerprint density at radius 1 is 1.47 bits per heavy atom. The number of nitrogens with zero attached hydrogens (tertiary/aromatic N) is 3. The van der Waals surface area contributed by atoms with Crippen LogP contribution in [0.4, 0.5) is 0 Å². The Hall–Kier alpha value is -0.460. The van der Waals surface area contributed by atoms with Gasteiger partial charge in [-0.1, -0.05) is 19.1 Å². The minimum absolute atomic E-state index is 0.0431. The van der Waals surface area contributed by atoms with E-state index in [0.717, 1.165) is 5.69 Å². The van der Waals surface area contributed by atoms with Gasteiger partial charge in [0.1, 0.15) is 0 Å². The summed E-state index contributed by atoms with van der Waals surface area (Å²) in [5.41, 5.74) is 7.00. The van der Waals surface area contributed by atoms with Crippen molar-refractivity contribution in [1.82, 2.24) is 15.0 Å². The Bertz CT molecular complexity index is 306. The molecule has 15 heavy (non-hydrogen) atoms. The van der Waals surface area contributed by atoms with E-state index in [1.165, 1.54) is 0 Å². The summed E-state index contributed by atoms with van der Waals surface area (Å²) >= 11 is 3.33. The summed E-state index contributed by atoms with van der Waals surface area (Å²) < 4.78 is 7.74. The first-order valence-corrected chi connectivity index (χ1v) is 5.61. The molecule has 2 N–H and O–H groups in total. The number of hydrogen-bond donors (Lipinski definition) is 1. The van der Waals surface area contributed by atoms with Crippen molar-refractivity contribution in [2.24, 2.45) is 18.7 Å². The van der Waals surface area contributed by atoms with Gasteiger partial charge >= 0.3 is 0 Å². The predicted octanol–water partition coefficient (Wildman–Crippen LogP) is 1.25. The minimum Gasteiger partial charge on any atom is -0.379 e. The van der Waals surface area contributed by atoms with Crippen LogP contribution in [-0.2, 0) is 11.8 Å². The maximum absolute atomic E-state index is 6.14. The van der Waals surface area contributed by atoms with E-state index in [2.05, 4.69) is 40.1 Å². The first-order valence-electron chi connectivity index (χ1n) is 4.82. The van der Waals surface area contributed by atoms with E-state index in [4.69, 9.17) is 10.5 Å². The molecule has 0 saturated heterocycles. The zero-order chi connectivity index (χ0) is 11.6. The standard InChI is InChI=1S/C9H17BrN4O/c1-5(2)8(15-4)6(11)7-9(10)12-13-14(7)3/h5-6,8H,11H2,1-4H3. The first-order chi connectivity index (χ1) is 6.99. The van der Waals surface area contributed by atoms with Crippen LogP contribution in [0, 0.1) is 5.92 Å². The highest BCUT2D eigenvalue weighted by molar-refractivity contribution is 9.10. The second-order valence-corrected chi connectivity index (χ2v) is 4.61. The molecule has 1 heterocycles. The molecule has 0 aliphatic rings. The molecule has 1 aromatic rings. The van der Waals surface area contributed by atoms with Crippen molar-refractivity contribution in [2.75, 3.05) is 7.11 Å². The summed E-state index contributed by atoms with van der Waals surface area (Å²) in [4.78, 5) is 0. The summed E-state index contributed by atoms with van der Waals surface area (Å²) in [6.45, 7) is 4.15. The average molecular weight is 277 g/mol. The minimum atomic E-state index is -0.232. The van der Waals surface area contributed by atoms with Crippen molar-refractivity contribution in [1.29, 1.82) is 0 Å². The number of methoxy groups -OCH3 is 1. The normalized spacial score (nSPS) is 15.7. The quantitative estimate of drug-likeness (QED) is 0.899. The van der Waals surface area contributed by atoms with Crippen molar-refractivity contribution in [3.05, 3.63) is 10.3 Å². The molecular weight excluding hydrogens is 260 g/mol. The fourth-order valence-corrected chi connectivity index (χ4v) is 2.27. The molecule has 5 nitrogen and oxygen atoms in total. The molecule has 0 amide bonds. The Balaban J connectivity index is 2.97. The molecule has 86 valence electrons. The molecule has 0 aromatic carbocycles. The molecule has 2 unspecified atom stereocenters. The highest BCUT2D eigenvalue weighted by Gasteiger charge is 2.27. The molecule has 0 spiro atoms. The number of nitrogens with two attached hydrogens (primary N) is 1. The second kappa shape index (κ2) is 5.05. The van der Waals surface area contributed by atoms with Crippen LogP contribution in [-0.4, -0.2) is 28.2 Å². The largest absolute Gasteiger partial charge is 0.379 e. The molecule has 2 atom stereocenters. The van der Waals surface area contributed by atoms with Crippen LogP contribution >= 0.6 is 15.9 Å². The lowest BCUT2D eigenvalue weighted by Crippen LogP contribution is -2.34. The average Bonchev–Trinajstić information content (AvgIpc) is 2.46. The molecule has 0 fully saturated rings. The predicted molar refractivity (Wildman–Crippen MR) is 61.3 cm³/mol. The lowest BCUT2D eigenvalue weighted by Gasteiger charge is -2.25. The van der Waals surface area contributed by atoms with Gasteiger partial charge in [0, 0.05) is 14.2 Å². The lowest BCUT2D eigenvalue weighted by molar-refractivity contribution is 0.0415. The summed E-state index contributed by atoms with van der Waals surface area (Å²) in [5.74, 6) is 0.340. The van der Waals surface area contributed by atoms with Crippen molar-refractivity contribution < 1.29 is 4.74 Å². The Kier molecular flexibility index (Phi) is 4.24. The molecule has 0 aliphatic carbocycles. The Morgan fingerprint density at radius 3 is 2.40 bits per heavy atom. The summed E-state index contributed by atoms with van der Waals surface area (Å²) in [7, 11) is 3.49. The summed E-state index contributed by atoms with van der Waals surface area (Å²) in [6.07, 6.45) is -0.0431. The third-order valence-electron chi connectivity index (χ3n) is 2.43. The van der Waals surface area contributed by atoms with Crippen molar-refractivity contribution >= 4 is 15.9 Å². The lowest BCUT2D eigenvalue weighted by atomic mass is 9.98. The number of ether oxygens (including phenoxy) is 1. The molecular formula is C9H17BrN4O.